The molecule has 0 saturated heterocycles. The molecule has 0 aliphatic carbocycles. The third kappa shape index (κ3) is 10.0. The van der Waals surface area contributed by atoms with Crippen LogP contribution in [-0.4, -0.2) is 81.7 Å². The number of aliphatic hydroxyl groups excluding tert-OH is 1. The van der Waals surface area contributed by atoms with Crippen molar-refractivity contribution in [2.45, 2.75) is 50.4 Å². The van der Waals surface area contributed by atoms with Gasteiger partial charge >= 0.3 is 11.9 Å². The monoisotopic (exact) mass is 419 g/mol. The lowest BCUT2D eigenvalue weighted by Crippen LogP contribution is -2.57. The minimum Gasteiger partial charge on any atom is -0.481 e. The van der Waals surface area contributed by atoms with Crippen LogP contribution in [0, 0.1) is 0 Å². The number of aliphatic hydroxyl groups is 1. The van der Waals surface area contributed by atoms with E-state index in [-0.39, 0.29) is 12.8 Å². The third-order valence-electron chi connectivity index (χ3n) is 3.59. The van der Waals surface area contributed by atoms with Crippen molar-refractivity contribution >= 4 is 35.6 Å². The molecule has 4 unspecified atom stereocenters. The third-order valence-corrected chi connectivity index (χ3v) is 3.59. The van der Waals surface area contributed by atoms with E-state index in [2.05, 4.69) is 10.6 Å². The molecule has 0 rings (SSSR count). The lowest BCUT2D eigenvalue weighted by Gasteiger charge is -2.22. The van der Waals surface area contributed by atoms with Gasteiger partial charge in [-0.15, -0.1) is 0 Å². The highest BCUT2D eigenvalue weighted by Crippen LogP contribution is 1.98. The number of nitrogens with two attached hydrogens (primary N) is 2. The number of hydrogen-bond acceptors (Lipinski definition) is 8. The summed E-state index contributed by atoms with van der Waals surface area (Å²) in [6, 6.07) is -5.61. The van der Waals surface area contributed by atoms with E-state index in [1.807, 2.05) is 5.32 Å². The van der Waals surface area contributed by atoms with Crippen LogP contribution in [0.3, 0.4) is 0 Å². The van der Waals surface area contributed by atoms with E-state index in [1.54, 1.807) is 0 Å². The lowest BCUT2D eigenvalue weighted by atomic mass is 10.1. The molecule has 0 fully saturated rings. The first-order chi connectivity index (χ1) is 13.4. The number of carbonyl (C=O) groups excluding carboxylic acids is 4. The SMILES string of the molecule is CC(NC(=O)C(CO)NC(=O)C(N)CCC(=O)O)C(=O)NC(CC(N)=O)C(=O)O. The van der Waals surface area contributed by atoms with Gasteiger partial charge in [0.15, 0.2) is 0 Å². The van der Waals surface area contributed by atoms with Crippen LogP contribution in [-0.2, 0) is 28.8 Å². The van der Waals surface area contributed by atoms with E-state index in [1.165, 1.54) is 6.92 Å². The van der Waals surface area contributed by atoms with E-state index < -0.39 is 72.8 Å². The highest BCUT2D eigenvalue weighted by molar-refractivity contribution is 5.94. The van der Waals surface area contributed by atoms with Crippen LogP contribution < -0.4 is 27.4 Å². The van der Waals surface area contributed by atoms with E-state index in [0.29, 0.717) is 0 Å². The predicted octanol–water partition coefficient (Wildman–Crippen LogP) is -4.39. The number of carboxylic acid groups (broad SMARTS) is 2. The number of aliphatic carboxylic acids is 2. The van der Waals surface area contributed by atoms with Gasteiger partial charge < -0.3 is 42.7 Å². The van der Waals surface area contributed by atoms with Crippen molar-refractivity contribution < 1.29 is 44.1 Å². The molecule has 14 heteroatoms. The Hall–Kier alpha value is -3.26. The van der Waals surface area contributed by atoms with Crippen LogP contribution in [0.25, 0.3) is 0 Å². The van der Waals surface area contributed by atoms with Gasteiger partial charge in [-0.1, -0.05) is 0 Å². The highest BCUT2D eigenvalue weighted by Gasteiger charge is 2.28. The number of amides is 4. The van der Waals surface area contributed by atoms with Crippen molar-refractivity contribution in [2.75, 3.05) is 6.61 Å². The summed E-state index contributed by atoms with van der Waals surface area (Å²) < 4.78 is 0. The van der Waals surface area contributed by atoms with Crippen LogP contribution in [0.1, 0.15) is 26.2 Å². The molecule has 0 saturated carbocycles. The van der Waals surface area contributed by atoms with Crippen molar-refractivity contribution in [1.82, 2.24) is 16.0 Å². The topological polar surface area (TPSA) is 251 Å². The summed E-state index contributed by atoms with van der Waals surface area (Å²) in [5.41, 5.74) is 10.4. The van der Waals surface area contributed by atoms with E-state index >= 15 is 0 Å². The summed E-state index contributed by atoms with van der Waals surface area (Å²) in [7, 11) is 0. The zero-order valence-corrected chi connectivity index (χ0v) is 15.6. The Labute approximate surface area is 165 Å². The maximum absolute atomic E-state index is 12.1. The van der Waals surface area contributed by atoms with Gasteiger partial charge in [-0.05, 0) is 13.3 Å². The fraction of sp³-hybridized carbons (Fsp3) is 0.600. The molecule has 0 aromatic rings. The van der Waals surface area contributed by atoms with Crippen molar-refractivity contribution in [3.8, 4) is 0 Å². The standard InChI is InChI=1S/C15H25N5O9/c1-6(12(25)19-8(15(28)29)4-10(17)22)18-14(27)9(5-21)20-13(26)7(16)2-3-11(23)24/h6-9,21H,2-5,16H2,1H3,(H2,17,22)(H,18,27)(H,19,25)(H,20,26)(H,23,24)(H,28,29). The Kier molecular flexibility index (Phi) is 10.9. The first-order valence-electron chi connectivity index (χ1n) is 8.39. The van der Waals surface area contributed by atoms with Gasteiger partial charge in [0.2, 0.25) is 23.6 Å². The summed E-state index contributed by atoms with van der Waals surface area (Å²) in [4.78, 5) is 68.3. The fourth-order valence-electron chi connectivity index (χ4n) is 1.96. The van der Waals surface area contributed by atoms with Crippen molar-refractivity contribution in [1.29, 1.82) is 0 Å². The first-order valence-corrected chi connectivity index (χ1v) is 8.39. The van der Waals surface area contributed by atoms with Gasteiger partial charge in [-0.3, -0.25) is 24.0 Å². The average Bonchev–Trinajstić information content (AvgIpc) is 2.62. The molecule has 4 amide bonds. The van der Waals surface area contributed by atoms with Gasteiger partial charge in [0, 0.05) is 6.42 Å². The molecule has 0 aliphatic heterocycles. The molecule has 4 atom stereocenters. The Bertz CT molecular complexity index is 654. The molecule has 29 heavy (non-hydrogen) atoms. The second kappa shape index (κ2) is 12.2. The number of carbonyl (C=O) groups is 6. The largest absolute Gasteiger partial charge is 0.481 e. The Morgan fingerprint density at radius 2 is 1.45 bits per heavy atom. The molecule has 0 aliphatic rings. The normalized spacial score (nSPS) is 14.6. The lowest BCUT2D eigenvalue weighted by molar-refractivity contribution is -0.143. The summed E-state index contributed by atoms with van der Waals surface area (Å²) in [6.07, 6.45) is -1.24. The zero-order chi connectivity index (χ0) is 22.7. The molecule has 0 aromatic heterocycles. The van der Waals surface area contributed by atoms with E-state index in [0.717, 1.165) is 0 Å². The van der Waals surface area contributed by atoms with Gasteiger partial charge in [0.25, 0.3) is 0 Å². The summed E-state index contributed by atoms with van der Waals surface area (Å²) in [5, 5.41) is 33.1. The zero-order valence-electron chi connectivity index (χ0n) is 15.6. The molecule has 0 aromatic carbocycles. The fourth-order valence-corrected chi connectivity index (χ4v) is 1.96. The molecule has 0 spiro atoms. The maximum atomic E-state index is 12.1. The Morgan fingerprint density at radius 1 is 0.897 bits per heavy atom. The quantitative estimate of drug-likeness (QED) is 0.142. The summed E-state index contributed by atoms with van der Waals surface area (Å²) in [5.74, 6) is -6.45. The van der Waals surface area contributed by atoms with Crippen LogP contribution in [0.2, 0.25) is 0 Å². The molecular formula is C15H25N5O9. The molecular weight excluding hydrogens is 394 g/mol. The van der Waals surface area contributed by atoms with Crippen molar-refractivity contribution in [3.63, 3.8) is 0 Å². The molecule has 0 heterocycles. The maximum Gasteiger partial charge on any atom is 0.326 e. The highest BCUT2D eigenvalue weighted by atomic mass is 16.4. The van der Waals surface area contributed by atoms with Crippen LogP contribution in [0.15, 0.2) is 0 Å². The van der Waals surface area contributed by atoms with Crippen molar-refractivity contribution in [3.05, 3.63) is 0 Å². The second-order valence-electron chi connectivity index (χ2n) is 6.08. The minimum absolute atomic E-state index is 0.198. The van der Waals surface area contributed by atoms with E-state index in [4.69, 9.17) is 21.7 Å². The van der Waals surface area contributed by atoms with Crippen LogP contribution >= 0.6 is 0 Å². The summed E-state index contributed by atoms with van der Waals surface area (Å²) in [6.45, 7) is 0.349. The van der Waals surface area contributed by atoms with Crippen LogP contribution in [0.4, 0.5) is 0 Å². The van der Waals surface area contributed by atoms with Gasteiger partial charge in [0.05, 0.1) is 19.1 Å². The average molecular weight is 419 g/mol. The van der Waals surface area contributed by atoms with Crippen LogP contribution in [0.5, 0.6) is 0 Å². The predicted molar refractivity (Wildman–Crippen MR) is 94.8 cm³/mol. The molecule has 10 N–H and O–H groups in total. The molecule has 14 nitrogen and oxygen atoms in total. The smallest absolute Gasteiger partial charge is 0.326 e. The Morgan fingerprint density at radius 3 is 1.90 bits per heavy atom. The van der Waals surface area contributed by atoms with Crippen molar-refractivity contribution in [2.24, 2.45) is 11.5 Å². The number of carboxylic acids is 2. The Balaban J connectivity index is 4.80. The number of rotatable bonds is 13. The second-order valence-corrected chi connectivity index (χ2v) is 6.08. The minimum atomic E-state index is -1.60. The molecule has 164 valence electrons. The molecule has 0 bridgehead atoms. The number of hydrogen-bond donors (Lipinski definition) is 8. The number of primary amides is 1. The number of nitrogens with one attached hydrogen (secondary N) is 3. The first kappa shape index (κ1) is 25.7. The van der Waals surface area contributed by atoms with Gasteiger partial charge in [-0.2, -0.15) is 0 Å². The summed E-state index contributed by atoms with van der Waals surface area (Å²) >= 11 is 0. The van der Waals surface area contributed by atoms with Gasteiger partial charge in [-0.25, -0.2) is 4.79 Å². The molecule has 0 radical (unpaired) electrons. The van der Waals surface area contributed by atoms with E-state index in [9.17, 15) is 33.9 Å². The van der Waals surface area contributed by atoms with Gasteiger partial charge in [0.1, 0.15) is 18.1 Å².